The second kappa shape index (κ2) is 5.45. The van der Waals surface area contributed by atoms with Gasteiger partial charge in [-0.25, -0.2) is 4.68 Å². The van der Waals surface area contributed by atoms with E-state index in [0.29, 0.717) is 5.69 Å². The average Bonchev–Trinajstić information content (AvgIpc) is 2.66. The second-order valence-electron chi connectivity index (χ2n) is 4.34. The third-order valence-electron chi connectivity index (χ3n) is 2.68. The molecule has 6 nitrogen and oxygen atoms in total. The molecule has 0 unspecified atom stereocenters. The van der Waals surface area contributed by atoms with E-state index in [9.17, 15) is 8.42 Å². The van der Waals surface area contributed by atoms with Crippen LogP contribution in [-0.4, -0.2) is 23.4 Å². The minimum atomic E-state index is -3.75. The van der Waals surface area contributed by atoms with Crippen LogP contribution in [0.2, 0.25) is 0 Å². The third kappa shape index (κ3) is 2.89. The Morgan fingerprint density at radius 3 is 2.20 bits per heavy atom. The first-order valence-electron chi connectivity index (χ1n) is 5.57. The van der Waals surface area contributed by atoms with Crippen LogP contribution in [0.4, 0.5) is 5.69 Å². The normalized spacial score (nSPS) is 11.7. The van der Waals surface area contributed by atoms with Crippen molar-refractivity contribution in [1.82, 2.24) is 15.0 Å². The van der Waals surface area contributed by atoms with Gasteiger partial charge in [-0.15, -0.1) is 5.10 Å². The maximum absolute atomic E-state index is 12.4. The lowest BCUT2D eigenvalue weighted by Crippen LogP contribution is -2.17. The first-order valence-corrected chi connectivity index (χ1v) is 8.64. The molecule has 0 saturated carbocycles. The van der Waals surface area contributed by atoms with Crippen molar-refractivity contribution in [2.45, 2.75) is 18.9 Å². The quantitative estimate of drug-likeness (QED) is 0.823. The summed E-state index contributed by atoms with van der Waals surface area (Å²) < 4.78 is 29.6. The van der Waals surface area contributed by atoms with Gasteiger partial charge in [0.2, 0.25) is 5.03 Å². The van der Waals surface area contributed by atoms with Crippen molar-refractivity contribution in [3.8, 4) is 0 Å². The van der Waals surface area contributed by atoms with Crippen molar-refractivity contribution >= 4 is 47.6 Å². The minimum absolute atomic E-state index is 0.0178. The summed E-state index contributed by atoms with van der Waals surface area (Å²) >= 11 is 6.53. The Morgan fingerprint density at radius 1 is 1.20 bits per heavy atom. The van der Waals surface area contributed by atoms with Crippen LogP contribution in [-0.2, 0) is 17.1 Å². The van der Waals surface area contributed by atoms with Crippen LogP contribution in [0.5, 0.6) is 0 Å². The van der Waals surface area contributed by atoms with E-state index in [1.807, 2.05) is 13.8 Å². The fourth-order valence-corrected chi connectivity index (χ4v) is 4.18. The molecule has 1 N–H and O–H groups in total. The van der Waals surface area contributed by atoms with E-state index >= 15 is 0 Å². The van der Waals surface area contributed by atoms with Gasteiger partial charge in [0.05, 0.1) is 0 Å². The Morgan fingerprint density at radius 2 is 1.75 bits per heavy atom. The summed E-state index contributed by atoms with van der Waals surface area (Å²) in [7, 11) is -2.23. The largest absolute Gasteiger partial charge is 0.281 e. The summed E-state index contributed by atoms with van der Waals surface area (Å²) in [5.74, 6) is 0. The molecule has 2 rings (SSSR count). The van der Waals surface area contributed by atoms with Gasteiger partial charge < -0.3 is 0 Å². The van der Waals surface area contributed by atoms with Crippen LogP contribution < -0.4 is 4.72 Å². The molecule has 0 aliphatic rings. The molecule has 0 saturated heterocycles. The summed E-state index contributed by atoms with van der Waals surface area (Å²) in [6, 6.07) is 3.51. The molecule has 0 bridgehead atoms. The number of aromatic nitrogens is 3. The summed E-state index contributed by atoms with van der Waals surface area (Å²) in [4.78, 5) is 0. The molecule has 108 valence electrons. The number of benzene rings is 1. The van der Waals surface area contributed by atoms with E-state index in [1.54, 1.807) is 12.1 Å². The summed E-state index contributed by atoms with van der Waals surface area (Å²) in [6.45, 7) is 3.80. The van der Waals surface area contributed by atoms with Crippen LogP contribution in [0.15, 0.2) is 26.2 Å². The fraction of sp³-hybridized carbons (Fsp3) is 0.273. The zero-order chi connectivity index (χ0) is 15.1. The molecule has 9 heteroatoms. The van der Waals surface area contributed by atoms with Crippen molar-refractivity contribution in [2.75, 3.05) is 4.72 Å². The van der Waals surface area contributed by atoms with Crippen molar-refractivity contribution in [1.29, 1.82) is 0 Å². The lowest BCUT2D eigenvalue weighted by molar-refractivity contribution is 0.578. The number of rotatable bonds is 3. The predicted octanol–water partition coefficient (Wildman–Crippen LogP) is 2.76. The number of halogens is 2. The highest BCUT2D eigenvalue weighted by Crippen LogP contribution is 2.27. The van der Waals surface area contributed by atoms with Gasteiger partial charge in [-0.05, 0) is 53.0 Å². The lowest BCUT2D eigenvalue weighted by Gasteiger charge is -2.11. The Bertz CT molecular complexity index is 728. The molecule has 0 amide bonds. The van der Waals surface area contributed by atoms with Gasteiger partial charge in [0, 0.05) is 17.2 Å². The SMILES string of the molecule is Cc1cc(NS(=O)(=O)c2c(Br)nnn2C)cc(C)c1Br. The number of sulfonamides is 1. The molecular formula is C11H12Br2N4O2S. The average molecular weight is 424 g/mol. The van der Waals surface area contributed by atoms with Crippen molar-refractivity contribution < 1.29 is 8.42 Å². The molecule has 2 aromatic rings. The molecule has 1 aromatic heterocycles. The van der Waals surface area contributed by atoms with E-state index in [0.717, 1.165) is 15.6 Å². The standard InChI is InChI=1S/C11H12Br2N4O2S/c1-6-4-8(5-7(2)9(6)12)15-20(18,19)11-10(13)14-16-17(11)3/h4-5,15H,1-3H3. The van der Waals surface area contributed by atoms with E-state index < -0.39 is 10.0 Å². The molecule has 1 aromatic carbocycles. The van der Waals surface area contributed by atoms with Crippen LogP contribution in [0.3, 0.4) is 0 Å². The first-order chi connectivity index (χ1) is 9.22. The molecule has 0 aliphatic carbocycles. The van der Waals surface area contributed by atoms with Crippen molar-refractivity contribution in [2.24, 2.45) is 7.05 Å². The van der Waals surface area contributed by atoms with Crippen LogP contribution in [0.1, 0.15) is 11.1 Å². The molecule has 0 aliphatic heterocycles. The Hall–Kier alpha value is -0.930. The maximum atomic E-state index is 12.4. The zero-order valence-electron chi connectivity index (χ0n) is 11.0. The van der Waals surface area contributed by atoms with E-state index in [-0.39, 0.29) is 9.63 Å². The van der Waals surface area contributed by atoms with Gasteiger partial charge in [-0.2, -0.15) is 8.42 Å². The monoisotopic (exact) mass is 422 g/mol. The van der Waals surface area contributed by atoms with Crippen LogP contribution in [0.25, 0.3) is 0 Å². The molecule has 0 atom stereocenters. The minimum Gasteiger partial charge on any atom is -0.278 e. The number of nitrogens with zero attached hydrogens (tertiary/aromatic N) is 3. The molecule has 20 heavy (non-hydrogen) atoms. The van der Waals surface area contributed by atoms with E-state index in [4.69, 9.17) is 0 Å². The predicted molar refractivity (Wildman–Crippen MR) is 83.1 cm³/mol. The molecular weight excluding hydrogens is 412 g/mol. The second-order valence-corrected chi connectivity index (χ2v) is 7.48. The molecule has 0 radical (unpaired) electrons. The zero-order valence-corrected chi connectivity index (χ0v) is 15.0. The highest BCUT2D eigenvalue weighted by Gasteiger charge is 2.24. The summed E-state index contributed by atoms with van der Waals surface area (Å²) in [5, 5.41) is 7.32. The molecule has 0 spiro atoms. The summed E-state index contributed by atoms with van der Waals surface area (Å²) in [6.07, 6.45) is 0. The highest BCUT2D eigenvalue weighted by atomic mass is 79.9. The highest BCUT2D eigenvalue weighted by molar-refractivity contribution is 9.10. The van der Waals surface area contributed by atoms with E-state index in [1.165, 1.54) is 11.7 Å². The number of hydrogen-bond acceptors (Lipinski definition) is 4. The van der Waals surface area contributed by atoms with Gasteiger partial charge in [-0.3, -0.25) is 4.72 Å². The first kappa shape index (κ1) is 15.5. The Balaban J connectivity index is 2.44. The van der Waals surface area contributed by atoms with Gasteiger partial charge in [0.15, 0.2) is 4.60 Å². The Labute approximate surface area is 133 Å². The van der Waals surface area contributed by atoms with Gasteiger partial charge in [-0.1, -0.05) is 21.1 Å². The van der Waals surface area contributed by atoms with Gasteiger partial charge >= 0.3 is 0 Å². The smallest absolute Gasteiger partial charge is 0.278 e. The maximum Gasteiger partial charge on any atom is 0.281 e. The van der Waals surface area contributed by atoms with Crippen LogP contribution >= 0.6 is 31.9 Å². The van der Waals surface area contributed by atoms with Gasteiger partial charge in [0.1, 0.15) is 0 Å². The lowest BCUT2D eigenvalue weighted by atomic mass is 10.1. The van der Waals surface area contributed by atoms with E-state index in [2.05, 4.69) is 46.9 Å². The third-order valence-corrected chi connectivity index (χ3v) is 6.20. The molecule has 0 fully saturated rings. The topological polar surface area (TPSA) is 76.9 Å². The Kier molecular flexibility index (Phi) is 4.22. The van der Waals surface area contributed by atoms with Crippen molar-refractivity contribution in [3.05, 3.63) is 32.3 Å². The molecule has 1 heterocycles. The van der Waals surface area contributed by atoms with Crippen molar-refractivity contribution in [3.63, 3.8) is 0 Å². The number of anilines is 1. The van der Waals surface area contributed by atoms with Gasteiger partial charge in [0.25, 0.3) is 10.0 Å². The number of aryl methyl sites for hydroxylation is 3. The van der Waals surface area contributed by atoms with Crippen LogP contribution in [0, 0.1) is 13.8 Å². The fourth-order valence-electron chi connectivity index (χ4n) is 1.82. The number of hydrogen-bond donors (Lipinski definition) is 1. The number of nitrogens with one attached hydrogen (secondary N) is 1. The summed E-state index contributed by atoms with van der Waals surface area (Å²) in [5.41, 5.74) is 2.39.